The Morgan fingerprint density at radius 3 is 2.45 bits per heavy atom. The molecule has 1 amide bonds. The molecule has 0 fully saturated rings. The third-order valence-corrected chi connectivity index (χ3v) is 3.20. The van der Waals surface area contributed by atoms with Crippen LogP contribution in [0.15, 0.2) is 18.2 Å². The number of likely N-dealkylation sites (N-methyl/N-ethyl adjacent to an activating group) is 1. The highest BCUT2D eigenvalue weighted by atomic mass is 19.4. The van der Waals surface area contributed by atoms with E-state index in [-0.39, 0.29) is 6.04 Å². The number of nitrogens with zero attached hydrogens (tertiary/aromatic N) is 1. The molecule has 1 aromatic rings. The van der Waals surface area contributed by atoms with Gasteiger partial charge in [0.25, 0.3) is 5.91 Å². The zero-order valence-electron chi connectivity index (χ0n) is 12.4. The van der Waals surface area contributed by atoms with Gasteiger partial charge in [-0.2, -0.15) is 13.2 Å². The highest BCUT2D eigenvalue weighted by Gasteiger charge is 2.28. The number of carbonyl (C=O) groups excluding carboxylic acids is 1. The Labute approximate surface area is 126 Å². The molecular weight excluding hydrogens is 302 g/mol. The van der Waals surface area contributed by atoms with Crippen molar-refractivity contribution >= 4 is 5.91 Å². The molecule has 0 bridgehead atoms. The molecular formula is C14H19F4N3O. The maximum atomic E-state index is 13.9. The predicted octanol–water partition coefficient (Wildman–Crippen LogP) is 1.55. The lowest BCUT2D eigenvalue weighted by molar-refractivity contribution is -0.123. The van der Waals surface area contributed by atoms with Crippen LogP contribution in [-0.2, 0) is 6.42 Å². The maximum Gasteiger partial charge on any atom is 0.405 e. The van der Waals surface area contributed by atoms with Crippen LogP contribution in [0.4, 0.5) is 17.6 Å². The Morgan fingerprint density at radius 1 is 1.36 bits per heavy atom. The molecule has 1 rings (SSSR count). The van der Waals surface area contributed by atoms with Crippen molar-refractivity contribution in [2.45, 2.75) is 18.6 Å². The van der Waals surface area contributed by atoms with E-state index < -0.39 is 30.0 Å². The first-order valence-electron chi connectivity index (χ1n) is 6.64. The van der Waals surface area contributed by atoms with Crippen LogP contribution in [-0.4, -0.2) is 50.2 Å². The smallest absolute Gasteiger partial charge is 0.343 e. The fraction of sp³-hybridized carbons (Fsp3) is 0.500. The van der Waals surface area contributed by atoms with Crippen molar-refractivity contribution in [1.29, 1.82) is 0 Å². The molecule has 0 aromatic heterocycles. The molecule has 0 aliphatic rings. The molecule has 4 nitrogen and oxygen atoms in total. The van der Waals surface area contributed by atoms with E-state index in [1.807, 2.05) is 19.0 Å². The molecule has 0 aliphatic carbocycles. The summed E-state index contributed by atoms with van der Waals surface area (Å²) in [7, 11) is 3.68. The number of alkyl halides is 3. The standard InChI is InChI=1S/C14H19F4N3O/c1-21(2)10(7-19)5-9-3-4-11(12(15)6-9)13(22)20-8-14(16,17)18/h3-4,6,10H,5,7-8,19H2,1-2H3,(H,20,22)/t10-/m0/s1. The molecule has 3 N–H and O–H groups in total. The summed E-state index contributed by atoms with van der Waals surface area (Å²) in [5.41, 5.74) is 5.82. The number of nitrogens with two attached hydrogens (primary N) is 1. The molecule has 1 atom stereocenters. The molecule has 1 aromatic carbocycles. The summed E-state index contributed by atoms with van der Waals surface area (Å²) in [5, 5.41) is 1.64. The normalized spacial score (nSPS) is 13.3. The van der Waals surface area contributed by atoms with E-state index in [1.54, 1.807) is 5.32 Å². The maximum absolute atomic E-state index is 13.9. The second-order valence-electron chi connectivity index (χ2n) is 5.17. The zero-order valence-corrected chi connectivity index (χ0v) is 12.4. The van der Waals surface area contributed by atoms with E-state index in [9.17, 15) is 22.4 Å². The lowest BCUT2D eigenvalue weighted by atomic mass is 10.0. The predicted molar refractivity (Wildman–Crippen MR) is 75.0 cm³/mol. The van der Waals surface area contributed by atoms with Crippen molar-refractivity contribution in [3.05, 3.63) is 35.1 Å². The highest BCUT2D eigenvalue weighted by Crippen LogP contribution is 2.15. The summed E-state index contributed by atoms with van der Waals surface area (Å²) in [5.74, 6) is -1.95. The van der Waals surface area contributed by atoms with Crippen molar-refractivity contribution in [2.75, 3.05) is 27.2 Å². The first-order valence-corrected chi connectivity index (χ1v) is 6.64. The summed E-state index contributed by atoms with van der Waals surface area (Å²) in [6, 6.07) is 3.84. The summed E-state index contributed by atoms with van der Waals surface area (Å²) in [6.07, 6.45) is -4.06. The second-order valence-corrected chi connectivity index (χ2v) is 5.17. The molecule has 0 saturated carbocycles. The first-order chi connectivity index (χ1) is 10.1. The van der Waals surface area contributed by atoms with Crippen molar-refractivity contribution in [1.82, 2.24) is 10.2 Å². The van der Waals surface area contributed by atoms with Crippen molar-refractivity contribution in [3.63, 3.8) is 0 Å². The van der Waals surface area contributed by atoms with Crippen molar-refractivity contribution in [3.8, 4) is 0 Å². The Bertz CT molecular complexity index is 517. The van der Waals surface area contributed by atoms with Crippen LogP contribution in [0.5, 0.6) is 0 Å². The number of halogens is 4. The number of rotatable bonds is 6. The van der Waals surface area contributed by atoms with Gasteiger partial charge in [-0.1, -0.05) is 6.07 Å². The van der Waals surface area contributed by atoms with Crippen LogP contribution in [0.1, 0.15) is 15.9 Å². The Kier molecular flexibility index (Phi) is 6.31. The van der Waals surface area contributed by atoms with Crippen LogP contribution in [0.2, 0.25) is 0 Å². The van der Waals surface area contributed by atoms with Crippen molar-refractivity contribution in [2.24, 2.45) is 5.73 Å². The summed E-state index contributed by atoms with van der Waals surface area (Å²) < 4.78 is 50.0. The van der Waals surface area contributed by atoms with Gasteiger partial charge in [0.1, 0.15) is 12.4 Å². The lowest BCUT2D eigenvalue weighted by Gasteiger charge is -2.22. The quantitative estimate of drug-likeness (QED) is 0.782. The summed E-state index contributed by atoms with van der Waals surface area (Å²) >= 11 is 0. The number of benzene rings is 1. The minimum atomic E-state index is -4.54. The molecule has 0 spiro atoms. The largest absolute Gasteiger partial charge is 0.405 e. The molecule has 0 aliphatic heterocycles. The molecule has 8 heteroatoms. The van der Waals surface area contributed by atoms with Gasteiger partial charge in [0.15, 0.2) is 0 Å². The van der Waals surface area contributed by atoms with Gasteiger partial charge in [0.05, 0.1) is 5.56 Å². The van der Waals surface area contributed by atoms with Crippen LogP contribution >= 0.6 is 0 Å². The monoisotopic (exact) mass is 321 g/mol. The number of nitrogens with one attached hydrogen (secondary N) is 1. The fourth-order valence-electron chi connectivity index (χ4n) is 1.89. The number of amides is 1. The van der Waals surface area contributed by atoms with E-state index in [4.69, 9.17) is 5.73 Å². The minimum absolute atomic E-state index is 0.00399. The van der Waals surface area contributed by atoms with E-state index in [2.05, 4.69) is 0 Å². The van der Waals surface area contributed by atoms with Crippen LogP contribution in [0, 0.1) is 5.82 Å². The lowest BCUT2D eigenvalue weighted by Crippen LogP contribution is -2.37. The topological polar surface area (TPSA) is 58.4 Å². The van der Waals surface area contributed by atoms with E-state index >= 15 is 0 Å². The molecule has 0 heterocycles. The van der Waals surface area contributed by atoms with E-state index in [0.717, 1.165) is 6.07 Å². The van der Waals surface area contributed by atoms with E-state index in [1.165, 1.54) is 12.1 Å². The molecule has 0 radical (unpaired) electrons. The minimum Gasteiger partial charge on any atom is -0.343 e. The van der Waals surface area contributed by atoms with Crippen LogP contribution in [0.25, 0.3) is 0 Å². The van der Waals surface area contributed by atoms with Crippen LogP contribution in [0.3, 0.4) is 0 Å². The van der Waals surface area contributed by atoms with Gasteiger partial charge in [-0.15, -0.1) is 0 Å². The number of carbonyl (C=O) groups is 1. The fourth-order valence-corrected chi connectivity index (χ4v) is 1.89. The first kappa shape index (κ1) is 18.4. The van der Waals surface area contributed by atoms with Gasteiger partial charge >= 0.3 is 6.18 Å². The van der Waals surface area contributed by atoms with E-state index in [0.29, 0.717) is 18.5 Å². The SMILES string of the molecule is CN(C)[C@H](CN)Cc1ccc(C(=O)NCC(F)(F)F)c(F)c1. The molecule has 0 saturated heterocycles. The summed E-state index contributed by atoms with van der Waals surface area (Å²) in [6.45, 7) is -1.12. The molecule has 124 valence electrons. The number of hydrogen-bond acceptors (Lipinski definition) is 3. The number of hydrogen-bond donors (Lipinski definition) is 2. The Morgan fingerprint density at radius 2 is 2.00 bits per heavy atom. The van der Waals surface area contributed by atoms with Gasteiger partial charge in [-0.05, 0) is 38.2 Å². The van der Waals surface area contributed by atoms with Gasteiger partial charge < -0.3 is 16.0 Å². The summed E-state index contributed by atoms with van der Waals surface area (Å²) in [4.78, 5) is 13.4. The highest BCUT2D eigenvalue weighted by molar-refractivity contribution is 5.94. The third-order valence-electron chi connectivity index (χ3n) is 3.20. The van der Waals surface area contributed by atoms with Crippen LogP contribution < -0.4 is 11.1 Å². The van der Waals surface area contributed by atoms with Gasteiger partial charge in [0.2, 0.25) is 0 Å². The Hall–Kier alpha value is -1.67. The molecule has 0 unspecified atom stereocenters. The van der Waals surface area contributed by atoms with Crippen molar-refractivity contribution < 1.29 is 22.4 Å². The second kappa shape index (κ2) is 7.55. The average Bonchev–Trinajstić information content (AvgIpc) is 2.41. The molecule has 22 heavy (non-hydrogen) atoms. The average molecular weight is 321 g/mol. The zero-order chi connectivity index (χ0) is 16.9. The Balaban J connectivity index is 2.79. The van der Waals surface area contributed by atoms with Gasteiger partial charge in [-0.3, -0.25) is 4.79 Å². The van der Waals surface area contributed by atoms with Gasteiger partial charge in [0, 0.05) is 12.6 Å². The third kappa shape index (κ3) is 5.61. The van der Waals surface area contributed by atoms with Gasteiger partial charge in [-0.25, -0.2) is 4.39 Å².